The van der Waals surface area contributed by atoms with Crippen LogP contribution in [0.5, 0.6) is 0 Å². The molecule has 0 radical (unpaired) electrons. The number of terminal acetylenes is 2. The largest absolute Gasteiger partial charge is 0.574 e. The molecule has 0 amide bonds. The molecule has 3 heteroatoms. The predicted molar refractivity (Wildman–Crippen MR) is 237 cm³/mol. The van der Waals surface area contributed by atoms with Crippen molar-refractivity contribution in [2.45, 2.75) is 27.2 Å². The van der Waals surface area contributed by atoms with Crippen molar-refractivity contribution in [2.24, 2.45) is 5.10 Å². The van der Waals surface area contributed by atoms with Crippen LogP contribution in [0.25, 0.3) is 22.1 Å². The predicted octanol–water partition coefficient (Wildman–Crippen LogP) is 10.6. The molecule has 58 heavy (non-hydrogen) atoms. The minimum absolute atomic E-state index is 0.792. The SMILES string of the molecule is C#Cc1ccc(C#Cc2ccc3c(c2)C(=C2C(C)=N[N-]C(C)=C2[N+]2=C(c4ccc(C)cc4)c4ccccc4CC2)c2cc(C#Cc4ccc(C#C)cc4)ccc2-3)cc1. The van der Waals surface area contributed by atoms with Crippen molar-refractivity contribution >= 4 is 17.0 Å². The standard InChI is InChI=1S/C55H37N3/c1-6-39-14-18-41(19-15-39)22-24-43-26-30-48-49-31-27-44(25-23-42-20-16-40(7-2)17-21-42)35-51(49)53(50(48)34-43)52-37(4)56-57-38(5)54(52)58-33-32-45-10-8-9-11-47(45)55(58)46-28-12-36(3)13-29-46/h1-2,8-21,26-31,34-35H,32-33H2,3-5H3. The lowest BCUT2D eigenvalue weighted by molar-refractivity contribution is -0.474. The summed E-state index contributed by atoms with van der Waals surface area (Å²) in [6.45, 7) is 7.08. The van der Waals surface area contributed by atoms with Gasteiger partial charge in [0.2, 0.25) is 5.71 Å². The molecule has 0 unspecified atom stereocenters. The summed E-state index contributed by atoms with van der Waals surface area (Å²) in [7, 11) is 0. The zero-order chi connectivity index (χ0) is 39.8. The lowest BCUT2D eigenvalue weighted by atomic mass is 9.88. The van der Waals surface area contributed by atoms with Crippen molar-refractivity contribution in [2.75, 3.05) is 6.54 Å². The average molecular weight is 740 g/mol. The highest BCUT2D eigenvalue weighted by atomic mass is 15.3. The lowest BCUT2D eigenvalue weighted by Crippen LogP contribution is -2.33. The molecule has 0 saturated heterocycles. The molecule has 0 spiro atoms. The van der Waals surface area contributed by atoms with Crippen LogP contribution in [-0.2, 0) is 6.42 Å². The van der Waals surface area contributed by atoms with Crippen molar-refractivity contribution in [1.82, 2.24) is 0 Å². The van der Waals surface area contributed by atoms with Gasteiger partial charge in [0, 0.05) is 56.6 Å². The van der Waals surface area contributed by atoms with Gasteiger partial charge in [0.25, 0.3) is 0 Å². The fourth-order valence-corrected chi connectivity index (χ4v) is 8.06. The van der Waals surface area contributed by atoms with Crippen LogP contribution in [0.3, 0.4) is 0 Å². The molecule has 0 bridgehead atoms. The summed E-state index contributed by atoms with van der Waals surface area (Å²) in [5.74, 6) is 19.0. The van der Waals surface area contributed by atoms with Gasteiger partial charge >= 0.3 is 0 Å². The van der Waals surface area contributed by atoms with Crippen molar-refractivity contribution in [3.63, 3.8) is 0 Å². The summed E-state index contributed by atoms with van der Waals surface area (Å²) >= 11 is 0. The highest BCUT2D eigenvalue weighted by Gasteiger charge is 2.37. The van der Waals surface area contributed by atoms with Crippen LogP contribution in [0.2, 0.25) is 0 Å². The van der Waals surface area contributed by atoms with E-state index in [0.29, 0.717) is 0 Å². The summed E-state index contributed by atoms with van der Waals surface area (Å²) in [6, 6.07) is 46.2. The van der Waals surface area contributed by atoms with E-state index in [4.69, 9.17) is 23.4 Å². The maximum Gasteiger partial charge on any atom is 0.220 e. The molecule has 0 aromatic heterocycles. The van der Waals surface area contributed by atoms with Crippen LogP contribution in [0.4, 0.5) is 0 Å². The van der Waals surface area contributed by atoms with Gasteiger partial charge < -0.3 is 10.5 Å². The first kappa shape index (κ1) is 35.9. The molecule has 2 aliphatic heterocycles. The third-order valence-electron chi connectivity index (χ3n) is 11.0. The van der Waals surface area contributed by atoms with E-state index in [-0.39, 0.29) is 0 Å². The molecule has 0 fully saturated rings. The third kappa shape index (κ3) is 6.63. The quantitative estimate of drug-likeness (QED) is 0.125. The Hall–Kier alpha value is -7.82. The number of fused-ring (bicyclic) bond motifs is 4. The normalized spacial score (nSPS) is 13.7. The van der Waals surface area contributed by atoms with Crippen LogP contribution < -0.4 is 0 Å². The molecule has 0 saturated carbocycles. The molecule has 6 aromatic carbocycles. The van der Waals surface area contributed by atoms with E-state index >= 15 is 0 Å². The first-order valence-corrected chi connectivity index (χ1v) is 19.4. The highest BCUT2D eigenvalue weighted by molar-refractivity contribution is 6.17. The molecule has 0 N–H and O–H groups in total. The molecule has 6 aromatic rings. The van der Waals surface area contributed by atoms with Crippen molar-refractivity contribution in [3.8, 4) is 59.5 Å². The van der Waals surface area contributed by atoms with Gasteiger partial charge in [-0.15, -0.1) is 12.8 Å². The van der Waals surface area contributed by atoms with Gasteiger partial charge in [-0.2, -0.15) is 4.58 Å². The Morgan fingerprint density at radius 3 is 1.62 bits per heavy atom. The molecule has 9 rings (SSSR count). The number of hydrogen-bond donors (Lipinski definition) is 0. The second-order valence-electron chi connectivity index (χ2n) is 14.7. The zero-order valence-corrected chi connectivity index (χ0v) is 32.6. The molecular weight excluding hydrogens is 703 g/mol. The van der Waals surface area contributed by atoms with E-state index < -0.39 is 0 Å². The van der Waals surface area contributed by atoms with E-state index in [2.05, 4.69) is 146 Å². The first-order valence-electron chi connectivity index (χ1n) is 19.4. The Labute approximate surface area is 341 Å². The third-order valence-corrected chi connectivity index (χ3v) is 11.0. The number of aryl methyl sites for hydroxylation is 1. The topological polar surface area (TPSA) is 29.5 Å². The van der Waals surface area contributed by atoms with Crippen molar-refractivity contribution in [1.29, 1.82) is 0 Å². The van der Waals surface area contributed by atoms with Crippen LogP contribution >= 0.6 is 0 Å². The Morgan fingerprint density at radius 2 is 1.05 bits per heavy atom. The molecule has 3 aliphatic rings. The van der Waals surface area contributed by atoms with Crippen LogP contribution in [0.15, 0.2) is 156 Å². The second kappa shape index (κ2) is 15.0. The molecule has 3 nitrogen and oxygen atoms in total. The van der Waals surface area contributed by atoms with Gasteiger partial charge in [-0.05, 0) is 133 Å². The Kier molecular flexibility index (Phi) is 9.29. The Morgan fingerprint density at radius 1 is 0.534 bits per heavy atom. The maximum absolute atomic E-state index is 5.60. The monoisotopic (exact) mass is 739 g/mol. The molecule has 0 atom stereocenters. The number of rotatable bonds is 2. The fourth-order valence-electron chi connectivity index (χ4n) is 8.06. The molecular formula is C55H37N3. The van der Waals surface area contributed by atoms with Gasteiger partial charge in [-0.25, -0.2) is 0 Å². The average Bonchev–Trinajstić information content (AvgIpc) is 3.58. The Bertz CT molecular complexity index is 2910. The van der Waals surface area contributed by atoms with Gasteiger partial charge in [0.1, 0.15) is 0 Å². The molecule has 1 aliphatic carbocycles. The number of nitrogens with zero attached hydrogens (tertiary/aromatic N) is 3. The molecule has 2 heterocycles. The van der Waals surface area contributed by atoms with Crippen LogP contribution in [-0.4, -0.2) is 22.5 Å². The number of hydrogen-bond acceptors (Lipinski definition) is 1. The van der Waals surface area contributed by atoms with E-state index in [0.717, 1.165) is 102 Å². The summed E-state index contributed by atoms with van der Waals surface area (Å²) < 4.78 is 2.48. The summed E-state index contributed by atoms with van der Waals surface area (Å²) in [4.78, 5) is 0. The lowest BCUT2D eigenvalue weighted by Gasteiger charge is -2.31. The Balaban J connectivity index is 1.28. The van der Waals surface area contributed by atoms with Gasteiger partial charge in [0.05, 0.1) is 11.1 Å². The van der Waals surface area contributed by atoms with Gasteiger partial charge in [-0.3, -0.25) is 0 Å². The summed E-state index contributed by atoms with van der Waals surface area (Å²) in [5.41, 5.74) is 25.6. The summed E-state index contributed by atoms with van der Waals surface area (Å²) in [5, 5.41) is 4.81. The second-order valence-corrected chi connectivity index (χ2v) is 14.7. The van der Waals surface area contributed by atoms with Gasteiger partial charge in [-0.1, -0.05) is 96.2 Å². The number of allylic oxidation sites excluding steroid dienone is 2. The first-order chi connectivity index (χ1) is 28.4. The van der Waals surface area contributed by atoms with E-state index in [9.17, 15) is 0 Å². The summed E-state index contributed by atoms with van der Waals surface area (Å²) in [6.07, 6.45) is 12.1. The van der Waals surface area contributed by atoms with E-state index in [1.54, 1.807) is 0 Å². The van der Waals surface area contributed by atoms with E-state index in [1.807, 2.05) is 48.5 Å². The van der Waals surface area contributed by atoms with Crippen LogP contribution in [0.1, 0.15) is 80.6 Å². The maximum atomic E-state index is 5.60. The van der Waals surface area contributed by atoms with Crippen LogP contribution in [0, 0.1) is 55.3 Å². The minimum Gasteiger partial charge on any atom is -0.574 e. The van der Waals surface area contributed by atoms with E-state index in [1.165, 1.54) is 22.4 Å². The van der Waals surface area contributed by atoms with Crippen molar-refractivity contribution < 1.29 is 4.58 Å². The highest BCUT2D eigenvalue weighted by Crippen LogP contribution is 2.49. The smallest absolute Gasteiger partial charge is 0.220 e. The fraction of sp³-hybridized carbons (Fsp3) is 0.0909. The zero-order valence-electron chi connectivity index (χ0n) is 32.6. The molecule has 272 valence electrons. The minimum atomic E-state index is 0.792. The van der Waals surface area contributed by atoms with Crippen molar-refractivity contribution in [3.05, 3.63) is 223 Å². The number of benzene rings is 6. The van der Waals surface area contributed by atoms with Gasteiger partial charge in [0.15, 0.2) is 12.2 Å².